The van der Waals surface area contributed by atoms with Crippen LogP contribution < -0.4 is 0 Å². The molecule has 0 fully saturated rings. The summed E-state index contributed by atoms with van der Waals surface area (Å²) in [6.07, 6.45) is -4.66. The Hall–Kier alpha value is 0.400. The Labute approximate surface area is 120 Å². The van der Waals surface area contributed by atoms with Gasteiger partial charge in [-0.25, -0.2) is 0 Å². The molecule has 0 heterocycles. The third kappa shape index (κ3) is 4.34. The van der Waals surface area contributed by atoms with Gasteiger partial charge < -0.3 is 0 Å². The summed E-state index contributed by atoms with van der Waals surface area (Å²) in [4.78, 5) is -0.802. The zero-order valence-electron chi connectivity index (χ0n) is 6.92. The van der Waals surface area contributed by atoms with Crippen molar-refractivity contribution in [2.45, 2.75) is 11.1 Å². The van der Waals surface area contributed by atoms with Crippen molar-refractivity contribution in [3.8, 4) is 0 Å². The molecule has 0 bridgehead atoms. The quantitative estimate of drug-likeness (QED) is 0.634. The molecule has 0 atom stereocenters. The Bertz CT molecular complexity index is 486. The maximum absolute atomic E-state index is 12.2. The molecule has 0 spiro atoms. The molecule has 9 heteroatoms. The van der Waals surface area contributed by atoms with Crippen molar-refractivity contribution in [3.63, 3.8) is 0 Å². The Morgan fingerprint density at radius 1 is 1.19 bits per heavy atom. The van der Waals surface area contributed by atoms with Crippen LogP contribution >= 0.6 is 15.9 Å². The van der Waals surface area contributed by atoms with Crippen LogP contribution in [0.25, 0.3) is 0 Å². The molecule has 0 amide bonds. The van der Waals surface area contributed by atoms with E-state index in [9.17, 15) is 21.6 Å². The van der Waals surface area contributed by atoms with E-state index < -0.39 is 26.8 Å². The molecule has 3 nitrogen and oxygen atoms in total. The van der Waals surface area contributed by atoms with Crippen molar-refractivity contribution in [1.82, 2.24) is 0 Å². The Morgan fingerprint density at radius 3 is 2.06 bits per heavy atom. The molecule has 1 N–H and O–H groups in total. The molecule has 0 aromatic heterocycles. The maximum atomic E-state index is 12.2. The van der Waals surface area contributed by atoms with Gasteiger partial charge in [-0.2, -0.15) is 21.6 Å². The van der Waals surface area contributed by atoms with Crippen molar-refractivity contribution < 1.29 is 26.1 Å². The first kappa shape index (κ1) is 16.4. The van der Waals surface area contributed by atoms with E-state index in [4.69, 9.17) is 4.55 Å². The zero-order valence-corrected chi connectivity index (χ0v) is 9.32. The summed E-state index contributed by atoms with van der Waals surface area (Å²) in [6, 6.07) is 1.96. The summed E-state index contributed by atoms with van der Waals surface area (Å²) in [5, 5.41) is 0. The molecular weight excluding hydrogens is 324 g/mol. The Morgan fingerprint density at radius 2 is 1.69 bits per heavy atom. The fraction of sp³-hybridized carbons (Fsp3) is 0.143. The van der Waals surface area contributed by atoms with Gasteiger partial charge in [-0.1, -0.05) is 15.9 Å². The number of alkyl halides is 3. The second-order valence-corrected chi connectivity index (χ2v) is 4.99. The van der Waals surface area contributed by atoms with E-state index >= 15 is 0 Å². The molecule has 16 heavy (non-hydrogen) atoms. The predicted octanol–water partition coefficient (Wildman–Crippen LogP) is 2.07. The summed E-state index contributed by atoms with van der Waals surface area (Å²) in [5.74, 6) is 0. The molecular formula is C7H5BrF3NaO3S. The third-order valence-corrected chi connectivity index (χ3v) is 2.79. The van der Waals surface area contributed by atoms with E-state index in [0.717, 1.165) is 6.07 Å². The van der Waals surface area contributed by atoms with E-state index in [1.807, 2.05) is 0 Å². The van der Waals surface area contributed by atoms with Crippen LogP contribution in [0.4, 0.5) is 13.2 Å². The first-order valence-electron chi connectivity index (χ1n) is 3.46. The van der Waals surface area contributed by atoms with Crippen LogP contribution in [0.3, 0.4) is 0 Å². The monoisotopic (exact) mass is 328 g/mol. The molecule has 0 radical (unpaired) electrons. The number of rotatable bonds is 1. The first-order valence-corrected chi connectivity index (χ1v) is 5.69. The van der Waals surface area contributed by atoms with Crippen LogP contribution in [-0.2, 0) is 16.3 Å². The minimum absolute atomic E-state index is 0. The van der Waals surface area contributed by atoms with Gasteiger partial charge in [0.15, 0.2) is 0 Å². The number of hydrogen-bond donors (Lipinski definition) is 1. The fourth-order valence-electron chi connectivity index (χ4n) is 0.875. The van der Waals surface area contributed by atoms with Gasteiger partial charge in [0.25, 0.3) is 10.1 Å². The Kier molecular flexibility index (Phi) is 5.50. The van der Waals surface area contributed by atoms with Crippen LogP contribution in [-0.4, -0.2) is 42.5 Å². The standard InChI is InChI=1S/C7H4BrF3O3S.Na.H/c8-5-1-4(7(9,10)11)2-6(3-5)15(12,13)14;;/h1-3H,(H,12,13,14);;. The van der Waals surface area contributed by atoms with Gasteiger partial charge in [-0.3, -0.25) is 4.55 Å². The molecule has 0 aliphatic rings. The average molecular weight is 329 g/mol. The van der Waals surface area contributed by atoms with Gasteiger partial charge in [-0.15, -0.1) is 0 Å². The fourth-order valence-corrected chi connectivity index (χ4v) is 2.07. The van der Waals surface area contributed by atoms with Crippen LogP contribution in [0, 0.1) is 0 Å². The van der Waals surface area contributed by atoms with E-state index in [1.54, 1.807) is 0 Å². The second-order valence-electron chi connectivity index (χ2n) is 2.65. The summed E-state index contributed by atoms with van der Waals surface area (Å²) < 4.78 is 66.5. The van der Waals surface area contributed by atoms with Crippen molar-refractivity contribution in [1.29, 1.82) is 0 Å². The number of halogens is 4. The molecule has 0 saturated heterocycles. The predicted molar refractivity (Wildman–Crippen MR) is 56.1 cm³/mol. The summed E-state index contributed by atoms with van der Waals surface area (Å²) in [5.41, 5.74) is -1.15. The SMILES string of the molecule is O=S(=O)(O)c1cc(Br)cc(C(F)(F)F)c1.[NaH]. The van der Waals surface area contributed by atoms with E-state index in [-0.39, 0.29) is 34.0 Å². The van der Waals surface area contributed by atoms with E-state index in [2.05, 4.69) is 15.9 Å². The van der Waals surface area contributed by atoms with Gasteiger partial charge in [0.2, 0.25) is 0 Å². The normalized spacial score (nSPS) is 12.1. The number of hydrogen-bond acceptors (Lipinski definition) is 2. The molecule has 0 aliphatic heterocycles. The topological polar surface area (TPSA) is 54.4 Å². The summed E-state index contributed by atoms with van der Waals surface area (Å²) >= 11 is 2.72. The molecule has 1 aromatic carbocycles. The van der Waals surface area contributed by atoms with E-state index in [0.29, 0.717) is 12.1 Å². The van der Waals surface area contributed by atoms with Crippen LogP contribution in [0.15, 0.2) is 27.6 Å². The van der Waals surface area contributed by atoms with Gasteiger partial charge >= 0.3 is 35.7 Å². The molecule has 0 unspecified atom stereocenters. The second kappa shape index (κ2) is 5.36. The van der Waals surface area contributed by atoms with Gasteiger partial charge in [-0.05, 0) is 18.2 Å². The van der Waals surface area contributed by atoms with Gasteiger partial charge in [0.05, 0.1) is 10.5 Å². The minimum atomic E-state index is -4.66. The van der Waals surface area contributed by atoms with Crippen molar-refractivity contribution >= 4 is 55.6 Å². The van der Waals surface area contributed by atoms with E-state index in [1.165, 1.54) is 0 Å². The van der Waals surface area contributed by atoms with Crippen LogP contribution in [0.1, 0.15) is 5.56 Å². The molecule has 1 aromatic rings. The number of benzene rings is 1. The third-order valence-electron chi connectivity index (χ3n) is 1.50. The first-order chi connectivity index (χ1) is 6.60. The van der Waals surface area contributed by atoms with Gasteiger partial charge in [0, 0.05) is 4.47 Å². The summed E-state index contributed by atoms with van der Waals surface area (Å²) in [7, 11) is -4.64. The van der Waals surface area contributed by atoms with Crippen molar-refractivity contribution in [2.75, 3.05) is 0 Å². The molecule has 0 aliphatic carbocycles. The van der Waals surface area contributed by atoms with Gasteiger partial charge in [0.1, 0.15) is 0 Å². The Balaban J connectivity index is 0.00000225. The van der Waals surface area contributed by atoms with Crippen LogP contribution in [0.5, 0.6) is 0 Å². The average Bonchev–Trinajstić information content (AvgIpc) is 1.99. The van der Waals surface area contributed by atoms with Crippen molar-refractivity contribution in [2.24, 2.45) is 0 Å². The van der Waals surface area contributed by atoms with Crippen molar-refractivity contribution in [3.05, 3.63) is 28.2 Å². The molecule has 0 saturated carbocycles. The van der Waals surface area contributed by atoms with Crippen LogP contribution in [0.2, 0.25) is 0 Å². The molecule has 1 rings (SSSR count). The zero-order chi connectivity index (χ0) is 11.9. The summed E-state index contributed by atoms with van der Waals surface area (Å²) in [6.45, 7) is 0. The molecule has 86 valence electrons.